The van der Waals surface area contributed by atoms with Gasteiger partial charge in [-0.3, -0.25) is 5.41 Å². The van der Waals surface area contributed by atoms with Crippen molar-refractivity contribution in [1.29, 1.82) is 5.41 Å². The van der Waals surface area contributed by atoms with E-state index in [0.717, 1.165) is 12.8 Å². The second kappa shape index (κ2) is 5.75. The van der Waals surface area contributed by atoms with E-state index in [2.05, 4.69) is 0 Å². The molecule has 0 saturated carbocycles. The summed E-state index contributed by atoms with van der Waals surface area (Å²) in [6, 6.07) is 0. The van der Waals surface area contributed by atoms with Gasteiger partial charge < -0.3 is 4.74 Å². The highest BCUT2D eigenvalue weighted by atomic mass is 16.5. The molecule has 0 aromatic rings. The SMILES string of the molecule is CCOC(=O)C(=N)C(CC)CC. The van der Waals surface area contributed by atoms with Crippen molar-refractivity contribution in [3.05, 3.63) is 0 Å². The molecule has 0 fully saturated rings. The fraction of sp³-hybridized carbons (Fsp3) is 0.778. The zero-order valence-electron chi connectivity index (χ0n) is 8.02. The molecule has 0 bridgehead atoms. The van der Waals surface area contributed by atoms with Gasteiger partial charge in [0.25, 0.3) is 0 Å². The van der Waals surface area contributed by atoms with Gasteiger partial charge >= 0.3 is 5.97 Å². The molecule has 0 aliphatic carbocycles. The molecule has 0 saturated heterocycles. The molecule has 1 N–H and O–H groups in total. The van der Waals surface area contributed by atoms with E-state index in [1.807, 2.05) is 13.8 Å². The molecule has 0 radical (unpaired) electrons. The molecule has 0 spiro atoms. The summed E-state index contributed by atoms with van der Waals surface area (Å²) in [6.45, 7) is 6.04. The first-order valence-corrected chi connectivity index (χ1v) is 4.42. The Morgan fingerprint density at radius 2 is 1.83 bits per heavy atom. The van der Waals surface area contributed by atoms with E-state index >= 15 is 0 Å². The summed E-state index contributed by atoms with van der Waals surface area (Å²) in [5.41, 5.74) is 0.113. The second-order valence-corrected chi connectivity index (χ2v) is 2.65. The molecule has 0 aromatic carbocycles. The Balaban J connectivity index is 4.07. The van der Waals surface area contributed by atoms with Crippen molar-refractivity contribution >= 4 is 11.7 Å². The van der Waals surface area contributed by atoms with Crippen molar-refractivity contribution < 1.29 is 9.53 Å². The minimum Gasteiger partial charge on any atom is -0.462 e. The first kappa shape index (κ1) is 11.1. The molecule has 12 heavy (non-hydrogen) atoms. The van der Waals surface area contributed by atoms with E-state index < -0.39 is 5.97 Å². The Bertz CT molecular complexity index is 162. The number of hydrogen-bond acceptors (Lipinski definition) is 3. The predicted molar refractivity (Wildman–Crippen MR) is 48.4 cm³/mol. The lowest BCUT2D eigenvalue weighted by Gasteiger charge is -2.11. The Morgan fingerprint density at radius 3 is 2.17 bits per heavy atom. The van der Waals surface area contributed by atoms with Crippen molar-refractivity contribution in [3.63, 3.8) is 0 Å². The third kappa shape index (κ3) is 3.03. The van der Waals surface area contributed by atoms with Crippen LogP contribution in [0.15, 0.2) is 0 Å². The number of carbonyl (C=O) groups excluding carboxylic acids is 1. The Kier molecular flexibility index (Phi) is 5.34. The van der Waals surface area contributed by atoms with Crippen LogP contribution in [0.3, 0.4) is 0 Å². The summed E-state index contributed by atoms with van der Waals surface area (Å²) < 4.78 is 4.72. The van der Waals surface area contributed by atoms with Gasteiger partial charge in [-0.05, 0) is 19.8 Å². The minimum atomic E-state index is -0.466. The van der Waals surface area contributed by atoms with Crippen LogP contribution in [0.5, 0.6) is 0 Å². The molecule has 0 aliphatic heterocycles. The molecular formula is C9H17NO2. The van der Waals surface area contributed by atoms with Crippen molar-refractivity contribution in [2.24, 2.45) is 5.92 Å². The second-order valence-electron chi connectivity index (χ2n) is 2.65. The van der Waals surface area contributed by atoms with E-state index in [4.69, 9.17) is 10.1 Å². The van der Waals surface area contributed by atoms with Crippen LogP contribution in [-0.4, -0.2) is 18.3 Å². The van der Waals surface area contributed by atoms with Crippen molar-refractivity contribution in [2.45, 2.75) is 33.6 Å². The highest BCUT2D eigenvalue weighted by Crippen LogP contribution is 2.09. The van der Waals surface area contributed by atoms with E-state index in [1.54, 1.807) is 6.92 Å². The standard InChI is InChI=1S/C9H17NO2/c1-4-7(5-2)8(10)9(11)12-6-3/h7,10H,4-6H2,1-3H3. The summed E-state index contributed by atoms with van der Waals surface area (Å²) in [6.07, 6.45) is 1.66. The van der Waals surface area contributed by atoms with Gasteiger partial charge in [0.05, 0.1) is 6.61 Å². The van der Waals surface area contributed by atoms with Gasteiger partial charge in [-0.2, -0.15) is 0 Å². The molecular weight excluding hydrogens is 154 g/mol. The van der Waals surface area contributed by atoms with Gasteiger partial charge in [0.15, 0.2) is 0 Å². The monoisotopic (exact) mass is 171 g/mol. The van der Waals surface area contributed by atoms with Crippen LogP contribution in [-0.2, 0) is 9.53 Å². The largest absolute Gasteiger partial charge is 0.462 e. The van der Waals surface area contributed by atoms with Gasteiger partial charge in [-0.15, -0.1) is 0 Å². The lowest BCUT2D eigenvalue weighted by molar-refractivity contribution is -0.135. The van der Waals surface area contributed by atoms with E-state index in [0.29, 0.717) is 6.61 Å². The first-order chi connectivity index (χ1) is 5.67. The molecule has 0 amide bonds. The minimum absolute atomic E-state index is 0.0593. The summed E-state index contributed by atoms with van der Waals surface area (Å²) in [5.74, 6) is -0.407. The van der Waals surface area contributed by atoms with Crippen LogP contribution < -0.4 is 0 Å². The zero-order chi connectivity index (χ0) is 9.56. The normalized spacial score (nSPS) is 10.0. The lowest BCUT2D eigenvalue weighted by Crippen LogP contribution is -2.24. The molecule has 0 atom stereocenters. The number of carbonyl (C=O) groups is 1. The lowest BCUT2D eigenvalue weighted by atomic mass is 9.98. The fourth-order valence-corrected chi connectivity index (χ4v) is 1.07. The number of nitrogens with one attached hydrogen (secondary N) is 1. The Labute approximate surface area is 73.6 Å². The maximum absolute atomic E-state index is 11.1. The highest BCUT2D eigenvalue weighted by molar-refractivity contribution is 6.35. The number of esters is 1. The Hall–Kier alpha value is -0.860. The third-order valence-electron chi connectivity index (χ3n) is 1.89. The molecule has 0 aromatic heterocycles. The molecule has 0 rings (SSSR count). The zero-order valence-corrected chi connectivity index (χ0v) is 8.02. The van der Waals surface area contributed by atoms with Crippen LogP contribution in [0.25, 0.3) is 0 Å². The molecule has 0 heterocycles. The van der Waals surface area contributed by atoms with Crippen molar-refractivity contribution in [2.75, 3.05) is 6.61 Å². The summed E-state index contributed by atoms with van der Waals surface area (Å²) >= 11 is 0. The maximum Gasteiger partial charge on any atom is 0.352 e. The van der Waals surface area contributed by atoms with Gasteiger partial charge in [0.2, 0.25) is 0 Å². The number of hydrogen-bond donors (Lipinski definition) is 1. The summed E-state index contributed by atoms with van der Waals surface area (Å²) in [4.78, 5) is 11.1. The van der Waals surface area contributed by atoms with Gasteiger partial charge in [-0.25, -0.2) is 4.79 Å². The first-order valence-electron chi connectivity index (χ1n) is 4.42. The molecule has 0 unspecified atom stereocenters. The molecule has 3 heteroatoms. The summed E-state index contributed by atoms with van der Waals surface area (Å²) in [5, 5.41) is 7.48. The van der Waals surface area contributed by atoms with E-state index in [9.17, 15) is 4.79 Å². The molecule has 3 nitrogen and oxygen atoms in total. The van der Waals surface area contributed by atoms with Crippen molar-refractivity contribution in [1.82, 2.24) is 0 Å². The van der Waals surface area contributed by atoms with Gasteiger partial charge in [0, 0.05) is 5.92 Å². The Morgan fingerprint density at radius 1 is 1.33 bits per heavy atom. The average molecular weight is 171 g/mol. The number of rotatable bonds is 5. The summed E-state index contributed by atoms with van der Waals surface area (Å²) in [7, 11) is 0. The van der Waals surface area contributed by atoms with Crippen LogP contribution >= 0.6 is 0 Å². The quantitative estimate of drug-likeness (QED) is 0.508. The fourth-order valence-electron chi connectivity index (χ4n) is 1.07. The van der Waals surface area contributed by atoms with Crippen LogP contribution in [0.2, 0.25) is 0 Å². The van der Waals surface area contributed by atoms with Gasteiger partial charge in [0.1, 0.15) is 5.71 Å². The average Bonchev–Trinajstić information content (AvgIpc) is 2.07. The third-order valence-corrected chi connectivity index (χ3v) is 1.89. The van der Waals surface area contributed by atoms with Crippen molar-refractivity contribution in [3.8, 4) is 0 Å². The van der Waals surface area contributed by atoms with Crippen LogP contribution in [0, 0.1) is 11.3 Å². The predicted octanol–water partition coefficient (Wildman–Crippen LogP) is 2.01. The van der Waals surface area contributed by atoms with Gasteiger partial charge in [-0.1, -0.05) is 13.8 Å². The number of ether oxygens (including phenoxy) is 1. The van der Waals surface area contributed by atoms with Crippen LogP contribution in [0.1, 0.15) is 33.6 Å². The van der Waals surface area contributed by atoms with Crippen LogP contribution in [0.4, 0.5) is 0 Å². The highest BCUT2D eigenvalue weighted by Gasteiger charge is 2.18. The molecule has 70 valence electrons. The molecule has 0 aliphatic rings. The topological polar surface area (TPSA) is 50.2 Å². The maximum atomic E-state index is 11.1. The van der Waals surface area contributed by atoms with E-state index in [-0.39, 0.29) is 11.6 Å². The smallest absolute Gasteiger partial charge is 0.352 e. The van der Waals surface area contributed by atoms with E-state index in [1.165, 1.54) is 0 Å².